The van der Waals surface area contributed by atoms with Crippen LogP contribution in [0.25, 0.3) is 11.3 Å². The second-order valence-corrected chi connectivity index (χ2v) is 9.75. The number of benzene rings is 2. The Hall–Kier alpha value is -2.63. The summed E-state index contributed by atoms with van der Waals surface area (Å²) in [5, 5.41) is 4.72. The minimum atomic E-state index is -0.0312. The van der Waals surface area contributed by atoms with Crippen LogP contribution in [-0.2, 0) is 12.8 Å². The molecule has 30 heavy (non-hydrogen) atoms. The third kappa shape index (κ3) is 3.64. The zero-order valence-electron chi connectivity index (χ0n) is 16.8. The second kappa shape index (κ2) is 8.25. The molecule has 0 radical (unpaired) electrons. The molecule has 0 N–H and O–H groups in total. The summed E-state index contributed by atoms with van der Waals surface area (Å²) in [6, 6.07) is 22.5. The van der Waals surface area contributed by atoms with E-state index in [1.807, 2.05) is 43.3 Å². The Labute approximate surface area is 184 Å². The van der Waals surface area contributed by atoms with Crippen molar-refractivity contribution in [3.63, 3.8) is 0 Å². The maximum Gasteiger partial charge on any atom is 0.288 e. The van der Waals surface area contributed by atoms with Crippen LogP contribution in [0.2, 0.25) is 0 Å². The lowest BCUT2D eigenvalue weighted by atomic mass is 9.99. The molecule has 0 saturated carbocycles. The summed E-state index contributed by atoms with van der Waals surface area (Å²) < 4.78 is 1.62. The predicted octanol–water partition coefficient (Wildman–Crippen LogP) is 6.64. The molecule has 0 atom stereocenters. The number of rotatable bonds is 4. The minimum Gasteiger partial charge on any atom is -0.266 e. The molecule has 5 rings (SSSR count). The van der Waals surface area contributed by atoms with Gasteiger partial charge >= 0.3 is 0 Å². The van der Waals surface area contributed by atoms with Crippen LogP contribution in [0.5, 0.6) is 0 Å². The zero-order valence-corrected chi connectivity index (χ0v) is 18.4. The van der Waals surface area contributed by atoms with E-state index in [4.69, 9.17) is 5.10 Å². The predicted molar refractivity (Wildman–Crippen MR) is 124 cm³/mol. The highest BCUT2D eigenvalue weighted by molar-refractivity contribution is 7.99. The summed E-state index contributed by atoms with van der Waals surface area (Å²) in [4.78, 5) is 17.9. The van der Waals surface area contributed by atoms with E-state index in [-0.39, 0.29) is 5.91 Å². The van der Waals surface area contributed by atoms with Gasteiger partial charge in [0.15, 0.2) is 0 Å². The van der Waals surface area contributed by atoms with Crippen molar-refractivity contribution >= 4 is 29.0 Å². The molecule has 2 aromatic heterocycles. The van der Waals surface area contributed by atoms with Crippen LogP contribution in [0, 0.1) is 6.92 Å². The molecular weight excluding hydrogens is 408 g/mol. The summed E-state index contributed by atoms with van der Waals surface area (Å²) in [5.41, 5.74) is 4.10. The van der Waals surface area contributed by atoms with Gasteiger partial charge < -0.3 is 0 Å². The molecule has 0 spiro atoms. The minimum absolute atomic E-state index is 0.0312. The van der Waals surface area contributed by atoms with E-state index in [2.05, 4.69) is 30.3 Å². The van der Waals surface area contributed by atoms with E-state index in [1.165, 1.54) is 23.3 Å². The van der Waals surface area contributed by atoms with Crippen molar-refractivity contribution < 1.29 is 4.79 Å². The molecule has 0 aliphatic heterocycles. The van der Waals surface area contributed by atoms with Crippen molar-refractivity contribution in [2.75, 3.05) is 0 Å². The monoisotopic (exact) mass is 430 g/mol. The summed E-state index contributed by atoms with van der Waals surface area (Å²) >= 11 is 3.31. The van der Waals surface area contributed by atoms with Crippen molar-refractivity contribution in [1.29, 1.82) is 0 Å². The lowest BCUT2D eigenvalue weighted by molar-refractivity contribution is 0.0950. The SMILES string of the molecule is Cc1nn(C(=O)c2cc3c(s2)CCCC3)c(-c2ccccc2)c1Sc1ccccc1. The average molecular weight is 431 g/mol. The molecule has 4 aromatic rings. The first-order valence-electron chi connectivity index (χ1n) is 10.2. The molecule has 0 bridgehead atoms. The average Bonchev–Trinajstić information content (AvgIpc) is 3.36. The molecule has 0 amide bonds. The molecule has 2 aromatic carbocycles. The van der Waals surface area contributed by atoms with Crippen molar-refractivity contribution in [2.24, 2.45) is 0 Å². The van der Waals surface area contributed by atoms with Crippen molar-refractivity contribution in [1.82, 2.24) is 9.78 Å². The summed E-state index contributed by atoms with van der Waals surface area (Å²) in [6.07, 6.45) is 4.60. The van der Waals surface area contributed by atoms with Gasteiger partial charge in [0.2, 0.25) is 0 Å². The van der Waals surface area contributed by atoms with E-state index < -0.39 is 0 Å². The lowest BCUT2D eigenvalue weighted by Gasteiger charge is -2.08. The number of carbonyl (C=O) groups is 1. The Balaban J connectivity index is 1.62. The van der Waals surface area contributed by atoms with Gasteiger partial charge in [-0.05, 0) is 56.4 Å². The van der Waals surface area contributed by atoms with Gasteiger partial charge in [-0.25, -0.2) is 0 Å². The highest BCUT2D eigenvalue weighted by Gasteiger charge is 2.25. The van der Waals surface area contributed by atoms with Gasteiger partial charge in [0.1, 0.15) is 0 Å². The van der Waals surface area contributed by atoms with E-state index in [0.29, 0.717) is 0 Å². The van der Waals surface area contributed by atoms with Crippen molar-refractivity contribution in [2.45, 2.75) is 42.4 Å². The van der Waals surface area contributed by atoms with Crippen LogP contribution >= 0.6 is 23.1 Å². The maximum atomic E-state index is 13.6. The molecule has 0 saturated heterocycles. The van der Waals surface area contributed by atoms with E-state index in [9.17, 15) is 4.79 Å². The summed E-state index contributed by atoms with van der Waals surface area (Å²) in [6.45, 7) is 1.99. The fourth-order valence-corrected chi connectivity index (χ4v) is 6.14. The summed E-state index contributed by atoms with van der Waals surface area (Å²) in [7, 11) is 0. The van der Waals surface area contributed by atoms with Crippen molar-refractivity contribution in [3.8, 4) is 11.3 Å². The van der Waals surface area contributed by atoms with Crippen LogP contribution in [-0.4, -0.2) is 15.7 Å². The number of thiophene rings is 1. The highest BCUT2D eigenvalue weighted by atomic mass is 32.2. The fourth-order valence-electron chi connectivity index (χ4n) is 3.94. The Bertz CT molecular complexity index is 1170. The number of nitrogens with zero attached hydrogens (tertiary/aromatic N) is 2. The Morgan fingerprint density at radius 3 is 2.43 bits per heavy atom. The topological polar surface area (TPSA) is 34.9 Å². The van der Waals surface area contributed by atoms with Crippen LogP contribution in [0.3, 0.4) is 0 Å². The smallest absolute Gasteiger partial charge is 0.266 e. The maximum absolute atomic E-state index is 13.6. The molecule has 150 valence electrons. The molecule has 0 unspecified atom stereocenters. The Morgan fingerprint density at radius 2 is 1.70 bits per heavy atom. The highest BCUT2D eigenvalue weighted by Crippen LogP contribution is 2.39. The molecule has 0 fully saturated rings. The quantitative estimate of drug-likeness (QED) is 0.364. The van der Waals surface area contributed by atoms with Gasteiger partial charge in [0, 0.05) is 15.3 Å². The van der Waals surface area contributed by atoms with Gasteiger partial charge in [-0.2, -0.15) is 9.78 Å². The molecule has 2 heterocycles. The van der Waals surface area contributed by atoms with Gasteiger partial charge in [0.05, 0.1) is 21.2 Å². The number of carbonyl (C=O) groups excluding carboxylic acids is 1. The molecule has 1 aliphatic carbocycles. The van der Waals surface area contributed by atoms with E-state index in [1.54, 1.807) is 27.8 Å². The number of hydrogen-bond acceptors (Lipinski definition) is 4. The van der Waals surface area contributed by atoms with E-state index >= 15 is 0 Å². The Kier molecular flexibility index (Phi) is 5.32. The van der Waals surface area contributed by atoms with Gasteiger partial charge in [-0.1, -0.05) is 60.3 Å². The lowest BCUT2D eigenvalue weighted by Crippen LogP contribution is -2.14. The molecular formula is C25H22N2OS2. The summed E-state index contributed by atoms with van der Waals surface area (Å²) in [5.74, 6) is -0.0312. The van der Waals surface area contributed by atoms with Crippen LogP contribution < -0.4 is 0 Å². The van der Waals surface area contributed by atoms with Gasteiger partial charge in [0.25, 0.3) is 5.91 Å². The third-order valence-corrected chi connectivity index (χ3v) is 7.84. The second-order valence-electron chi connectivity index (χ2n) is 7.53. The molecule has 3 nitrogen and oxygen atoms in total. The van der Waals surface area contributed by atoms with Crippen LogP contribution in [0.1, 0.15) is 38.6 Å². The van der Waals surface area contributed by atoms with Gasteiger partial charge in [-0.3, -0.25) is 4.79 Å². The molecule has 1 aliphatic rings. The van der Waals surface area contributed by atoms with Crippen molar-refractivity contribution in [3.05, 3.63) is 87.7 Å². The van der Waals surface area contributed by atoms with Crippen LogP contribution in [0.4, 0.5) is 0 Å². The third-order valence-electron chi connectivity index (χ3n) is 5.42. The zero-order chi connectivity index (χ0) is 20.5. The largest absolute Gasteiger partial charge is 0.288 e. The first-order chi connectivity index (χ1) is 14.7. The van der Waals surface area contributed by atoms with Crippen LogP contribution in [0.15, 0.2) is 76.5 Å². The first-order valence-corrected chi connectivity index (χ1v) is 11.9. The molecule has 5 heteroatoms. The Morgan fingerprint density at radius 1 is 1.00 bits per heavy atom. The number of fused-ring (bicyclic) bond motifs is 1. The normalized spacial score (nSPS) is 13.2. The first kappa shape index (κ1) is 19.3. The number of aryl methyl sites for hydroxylation is 3. The van der Waals surface area contributed by atoms with E-state index in [0.717, 1.165) is 44.5 Å². The standard InChI is InChI=1S/C25H22N2OS2/c1-17-24(29-20-13-6-3-7-14-20)23(18-10-4-2-5-11-18)27(26-17)25(28)22-16-19-12-8-9-15-21(19)30-22/h2-7,10-11,13-14,16H,8-9,12,15H2,1H3. The van der Waals surface area contributed by atoms with Gasteiger partial charge in [-0.15, -0.1) is 11.3 Å². The number of hydrogen-bond donors (Lipinski definition) is 0. The fraction of sp³-hybridized carbons (Fsp3) is 0.200. The number of aromatic nitrogens is 2.